The van der Waals surface area contributed by atoms with Crippen LogP contribution in [0.5, 0.6) is 0 Å². The Balaban J connectivity index is 2.13. The Morgan fingerprint density at radius 3 is 2.19 bits per heavy atom. The summed E-state index contributed by atoms with van der Waals surface area (Å²) < 4.78 is 32.7. The van der Waals surface area contributed by atoms with Gasteiger partial charge >= 0.3 is 5.97 Å². The minimum absolute atomic E-state index is 0.143. The van der Waals surface area contributed by atoms with Crippen molar-refractivity contribution in [2.45, 2.75) is 32.1 Å². The zero-order valence-electron chi connectivity index (χ0n) is 15.3. The molecule has 0 aromatic heterocycles. The number of nitrogens with one attached hydrogen (secondary N) is 1. The van der Waals surface area contributed by atoms with Gasteiger partial charge in [-0.2, -0.15) is 0 Å². The van der Waals surface area contributed by atoms with Crippen molar-refractivity contribution in [3.05, 3.63) is 71.3 Å². The van der Waals surface area contributed by atoms with E-state index < -0.39 is 16.0 Å². The van der Waals surface area contributed by atoms with E-state index in [0.717, 1.165) is 5.56 Å². The molecule has 1 N–H and O–H groups in total. The van der Waals surface area contributed by atoms with Crippen LogP contribution in [0.2, 0.25) is 0 Å². The first-order valence-corrected chi connectivity index (χ1v) is 10.2. The van der Waals surface area contributed by atoms with Gasteiger partial charge in [0.25, 0.3) is 0 Å². The SMILES string of the molecule is COC(=O)c1ccc(CS(=O)(=O)N[C@H](CC(C)C)c2ccccc2)cc1. The molecule has 0 bridgehead atoms. The van der Waals surface area contributed by atoms with Gasteiger partial charge in [-0.25, -0.2) is 17.9 Å². The fraction of sp³-hybridized carbons (Fsp3) is 0.350. The van der Waals surface area contributed by atoms with Gasteiger partial charge < -0.3 is 4.74 Å². The largest absolute Gasteiger partial charge is 0.465 e. The summed E-state index contributed by atoms with van der Waals surface area (Å²) in [6.45, 7) is 4.13. The van der Waals surface area contributed by atoms with Crippen molar-refractivity contribution < 1.29 is 17.9 Å². The molecule has 1 atom stereocenters. The lowest BCUT2D eigenvalue weighted by molar-refractivity contribution is 0.0600. The van der Waals surface area contributed by atoms with Crippen molar-refractivity contribution in [3.63, 3.8) is 0 Å². The number of carbonyl (C=O) groups is 1. The Kier molecular flexibility index (Phi) is 6.94. The van der Waals surface area contributed by atoms with Crippen LogP contribution in [0.4, 0.5) is 0 Å². The molecule has 2 rings (SSSR count). The van der Waals surface area contributed by atoms with Crippen molar-refractivity contribution in [3.8, 4) is 0 Å². The van der Waals surface area contributed by atoms with Crippen molar-refractivity contribution in [2.24, 2.45) is 5.92 Å². The number of benzene rings is 2. The molecule has 0 spiro atoms. The lowest BCUT2D eigenvalue weighted by Crippen LogP contribution is -2.30. The number of esters is 1. The minimum Gasteiger partial charge on any atom is -0.465 e. The Hall–Kier alpha value is -2.18. The predicted molar refractivity (Wildman–Crippen MR) is 102 cm³/mol. The number of rotatable bonds is 8. The van der Waals surface area contributed by atoms with Crippen LogP contribution < -0.4 is 4.72 Å². The number of sulfonamides is 1. The van der Waals surface area contributed by atoms with Gasteiger partial charge in [0, 0.05) is 6.04 Å². The summed E-state index contributed by atoms with van der Waals surface area (Å²) in [5.41, 5.74) is 1.95. The van der Waals surface area contributed by atoms with Gasteiger partial charge in [0.1, 0.15) is 0 Å². The second-order valence-corrected chi connectivity index (χ2v) is 8.41. The van der Waals surface area contributed by atoms with Crippen molar-refractivity contribution in [1.29, 1.82) is 0 Å². The van der Waals surface area contributed by atoms with E-state index in [4.69, 9.17) is 0 Å². The normalized spacial score (nSPS) is 12.8. The molecule has 0 unspecified atom stereocenters. The molecule has 0 aliphatic heterocycles. The highest BCUT2D eigenvalue weighted by Crippen LogP contribution is 2.23. The van der Waals surface area contributed by atoms with E-state index in [2.05, 4.69) is 23.3 Å². The van der Waals surface area contributed by atoms with E-state index in [1.165, 1.54) is 7.11 Å². The van der Waals surface area contributed by atoms with Gasteiger partial charge in [-0.05, 0) is 35.6 Å². The fourth-order valence-electron chi connectivity index (χ4n) is 2.74. The monoisotopic (exact) mass is 375 g/mol. The maximum Gasteiger partial charge on any atom is 0.337 e. The quantitative estimate of drug-likeness (QED) is 0.715. The molecular weight excluding hydrogens is 350 g/mol. The lowest BCUT2D eigenvalue weighted by atomic mass is 9.98. The highest BCUT2D eigenvalue weighted by atomic mass is 32.2. The van der Waals surface area contributed by atoms with Crippen molar-refractivity contribution >= 4 is 16.0 Å². The second kappa shape index (κ2) is 8.96. The summed E-state index contributed by atoms with van der Waals surface area (Å²) in [7, 11) is -2.22. The average molecular weight is 375 g/mol. The van der Waals surface area contributed by atoms with Crippen LogP contribution in [0.25, 0.3) is 0 Å². The van der Waals surface area contributed by atoms with Crippen LogP contribution in [0.1, 0.15) is 47.8 Å². The summed E-state index contributed by atoms with van der Waals surface area (Å²) in [5, 5.41) is 0. The summed E-state index contributed by atoms with van der Waals surface area (Å²) >= 11 is 0. The number of hydrogen-bond donors (Lipinski definition) is 1. The molecule has 0 heterocycles. The summed E-state index contributed by atoms with van der Waals surface area (Å²) in [6, 6.07) is 15.7. The van der Waals surface area contributed by atoms with E-state index >= 15 is 0 Å². The molecule has 26 heavy (non-hydrogen) atoms. The first-order valence-electron chi connectivity index (χ1n) is 8.53. The van der Waals surface area contributed by atoms with Crippen molar-refractivity contribution in [1.82, 2.24) is 4.72 Å². The van der Waals surface area contributed by atoms with Gasteiger partial charge in [0.15, 0.2) is 0 Å². The van der Waals surface area contributed by atoms with Crippen LogP contribution in [-0.2, 0) is 20.5 Å². The number of ether oxygens (including phenoxy) is 1. The van der Waals surface area contributed by atoms with E-state index in [-0.39, 0.29) is 11.8 Å². The molecule has 0 radical (unpaired) electrons. The number of carbonyl (C=O) groups excluding carboxylic acids is 1. The molecule has 0 aliphatic carbocycles. The van der Waals surface area contributed by atoms with E-state index in [1.54, 1.807) is 24.3 Å². The number of hydrogen-bond acceptors (Lipinski definition) is 4. The van der Waals surface area contributed by atoms with Crippen LogP contribution in [0.3, 0.4) is 0 Å². The van der Waals surface area contributed by atoms with Gasteiger partial charge in [-0.1, -0.05) is 56.3 Å². The minimum atomic E-state index is -3.53. The topological polar surface area (TPSA) is 72.5 Å². The van der Waals surface area contributed by atoms with Gasteiger partial charge in [0.05, 0.1) is 18.4 Å². The molecule has 6 heteroatoms. The standard InChI is InChI=1S/C20H25NO4S/c1-15(2)13-19(17-7-5-4-6-8-17)21-26(23,24)14-16-9-11-18(12-10-16)20(22)25-3/h4-12,15,19,21H,13-14H2,1-3H3/t19-/m1/s1. The van der Waals surface area contributed by atoms with Gasteiger partial charge in [0.2, 0.25) is 10.0 Å². The Morgan fingerprint density at radius 1 is 1.04 bits per heavy atom. The molecule has 5 nitrogen and oxygen atoms in total. The Morgan fingerprint density at radius 2 is 1.65 bits per heavy atom. The number of methoxy groups -OCH3 is 1. The Labute approximate surface area is 155 Å². The zero-order valence-corrected chi connectivity index (χ0v) is 16.1. The molecule has 0 saturated heterocycles. The van der Waals surface area contributed by atoms with E-state index in [9.17, 15) is 13.2 Å². The van der Waals surface area contributed by atoms with E-state index in [1.807, 2.05) is 30.3 Å². The molecule has 0 fully saturated rings. The maximum absolute atomic E-state index is 12.6. The third kappa shape index (κ3) is 5.97. The third-order valence-electron chi connectivity index (χ3n) is 3.96. The summed E-state index contributed by atoms with van der Waals surface area (Å²) in [5.74, 6) is -0.239. The lowest BCUT2D eigenvalue weighted by Gasteiger charge is -2.21. The molecular formula is C20H25NO4S. The van der Waals surface area contributed by atoms with Crippen LogP contribution >= 0.6 is 0 Å². The summed E-state index contributed by atoms with van der Waals surface area (Å²) in [4.78, 5) is 11.5. The van der Waals surface area contributed by atoms with Crippen molar-refractivity contribution in [2.75, 3.05) is 7.11 Å². The molecule has 2 aromatic rings. The molecule has 140 valence electrons. The van der Waals surface area contributed by atoms with Crippen LogP contribution in [-0.4, -0.2) is 21.5 Å². The predicted octanol–water partition coefficient (Wildman–Crippen LogP) is 3.68. The van der Waals surface area contributed by atoms with Crippen LogP contribution in [0, 0.1) is 5.92 Å². The first kappa shape index (κ1) is 20.1. The van der Waals surface area contributed by atoms with Gasteiger partial charge in [-0.3, -0.25) is 0 Å². The summed E-state index contributed by atoms with van der Waals surface area (Å²) in [6.07, 6.45) is 0.713. The Bertz CT molecular complexity index is 815. The van der Waals surface area contributed by atoms with Crippen LogP contribution in [0.15, 0.2) is 54.6 Å². The zero-order chi connectivity index (χ0) is 19.2. The molecule has 0 aliphatic rings. The molecule has 0 saturated carbocycles. The maximum atomic E-state index is 12.6. The fourth-order valence-corrected chi connectivity index (χ4v) is 4.12. The highest BCUT2D eigenvalue weighted by molar-refractivity contribution is 7.88. The highest BCUT2D eigenvalue weighted by Gasteiger charge is 2.21. The molecule has 0 amide bonds. The third-order valence-corrected chi connectivity index (χ3v) is 5.32. The van der Waals surface area contributed by atoms with Gasteiger partial charge in [-0.15, -0.1) is 0 Å². The average Bonchev–Trinajstić information content (AvgIpc) is 2.61. The second-order valence-electron chi connectivity index (χ2n) is 6.66. The van der Waals surface area contributed by atoms with E-state index in [0.29, 0.717) is 23.5 Å². The molecule has 2 aromatic carbocycles. The first-order chi connectivity index (χ1) is 12.3. The smallest absolute Gasteiger partial charge is 0.337 e.